The van der Waals surface area contributed by atoms with Gasteiger partial charge in [0.05, 0.1) is 6.20 Å². The van der Waals surface area contributed by atoms with E-state index in [1.54, 1.807) is 0 Å². The number of nitrogens with two attached hydrogens (primary N) is 1. The van der Waals surface area contributed by atoms with Crippen LogP contribution in [0.25, 0.3) is 0 Å². The number of rotatable bonds is 2. The first-order valence-electron chi connectivity index (χ1n) is 6.02. The summed E-state index contributed by atoms with van der Waals surface area (Å²) < 4.78 is 0. The van der Waals surface area contributed by atoms with Gasteiger partial charge in [-0.15, -0.1) is 5.10 Å². The minimum atomic E-state index is 0.532. The van der Waals surface area contributed by atoms with E-state index in [0.717, 1.165) is 13.1 Å². The van der Waals surface area contributed by atoms with Crippen molar-refractivity contribution in [3.8, 4) is 0 Å². The van der Waals surface area contributed by atoms with E-state index >= 15 is 0 Å². The van der Waals surface area contributed by atoms with Crippen LogP contribution in [0.4, 0.5) is 5.82 Å². The molecule has 88 valence electrons. The molecule has 4 nitrogen and oxygen atoms in total. The van der Waals surface area contributed by atoms with Gasteiger partial charge in [-0.1, -0.05) is 6.92 Å². The zero-order valence-electron chi connectivity index (χ0n) is 10.1. The van der Waals surface area contributed by atoms with Crippen molar-refractivity contribution in [2.75, 3.05) is 25.4 Å². The highest BCUT2D eigenvalue weighted by Crippen LogP contribution is 2.31. The van der Waals surface area contributed by atoms with Crippen LogP contribution in [0.2, 0.25) is 0 Å². The van der Waals surface area contributed by atoms with Gasteiger partial charge < -0.3 is 10.6 Å². The van der Waals surface area contributed by atoms with Crippen molar-refractivity contribution in [2.24, 2.45) is 0 Å². The monoisotopic (exact) mass is 220 g/mol. The first-order valence-corrected chi connectivity index (χ1v) is 6.02. The molecule has 1 saturated heterocycles. The lowest BCUT2D eigenvalue weighted by molar-refractivity contribution is 0.217. The Labute approximate surface area is 96.9 Å². The van der Waals surface area contributed by atoms with Crippen molar-refractivity contribution >= 4 is 5.82 Å². The molecule has 0 aromatic carbocycles. The highest BCUT2D eigenvalue weighted by atomic mass is 15.1. The first-order chi connectivity index (χ1) is 7.72. The molecule has 0 spiro atoms. The van der Waals surface area contributed by atoms with Crippen molar-refractivity contribution in [2.45, 2.75) is 32.6 Å². The number of likely N-dealkylation sites (tertiary alicyclic amines) is 1. The van der Waals surface area contributed by atoms with Crippen LogP contribution in [-0.4, -0.2) is 34.7 Å². The second-order valence-corrected chi connectivity index (χ2v) is 4.56. The predicted molar refractivity (Wildman–Crippen MR) is 65.3 cm³/mol. The molecule has 1 atom stereocenters. The number of likely N-dealkylation sites (N-methyl/N-ethyl adjacent to an activating group) is 1. The third-order valence-corrected chi connectivity index (χ3v) is 3.48. The fourth-order valence-corrected chi connectivity index (χ4v) is 2.61. The summed E-state index contributed by atoms with van der Waals surface area (Å²) in [5.74, 6) is 1.15. The standard InChI is InChI=1S/C12H20N4/c1-3-16-6-4-5-10(8-16)11-9(2)7-14-15-12(11)13/h7,10H,3-6,8H2,1-2H3,(H2,13,15). The van der Waals surface area contributed by atoms with Gasteiger partial charge in [0.25, 0.3) is 0 Å². The number of aryl methyl sites for hydroxylation is 1. The maximum Gasteiger partial charge on any atom is 0.149 e. The zero-order valence-corrected chi connectivity index (χ0v) is 10.1. The Morgan fingerprint density at radius 1 is 1.56 bits per heavy atom. The van der Waals surface area contributed by atoms with E-state index < -0.39 is 0 Å². The van der Waals surface area contributed by atoms with Crippen LogP contribution in [0.5, 0.6) is 0 Å². The molecule has 0 saturated carbocycles. The van der Waals surface area contributed by atoms with Gasteiger partial charge in [0.15, 0.2) is 0 Å². The number of nitrogen functional groups attached to an aromatic ring is 1. The molecular weight excluding hydrogens is 200 g/mol. The Balaban J connectivity index is 2.23. The maximum atomic E-state index is 5.95. The van der Waals surface area contributed by atoms with Gasteiger partial charge in [0.2, 0.25) is 0 Å². The summed E-state index contributed by atoms with van der Waals surface area (Å²) in [5, 5.41) is 7.87. The maximum absolute atomic E-state index is 5.95. The molecule has 1 aromatic rings. The third-order valence-electron chi connectivity index (χ3n) is 3.48. The van der Waals surface area contributed by atoms with Gasteiger partial charge in [-0.25, -0.2) is 0 Å². The Kier molecular flexibility index (Phi) is 3.39. The molecule has 1 aliphatic heterocycles. The van der Waals surface area contributed by atoms with E-state index in [0.29, 0.717) is 11.7 Å². The molecule has 2 rings (SSSR count). The molecular formula is C12H20N4. The summed E-state index contributed by atoms with van der Waals surface area (Å²) in [6.45, 7) is 7.72. The molecule has 4 heteroatoms. The Morgan fingerprint density at radius 2 is 2.38 bits per heavy atom. The Hall–Kier alpha value is -1.16. The molecule has 1 fully saturated rings. The number of hydrogen-bond donors (Lipinski definition) is 1. The molecule has 1 aliphatic rings. The van der Waals surface area contributed by atoms with Crippen LogP contribution in [0.3, 0.4) is 0 Å². The predicted octanol–water partition coefficient (Wildman–Crippen LogP) is 1.57. The van der Waals surface area contributed by atoms with Crippen LogP contribution in [0, 0.1) is 6.92 Å². The summed E-state index contributed by atoms with van der Waals surface area (Å²) in [6, 6.07) is 0. The van der Waals surface area contributed by atoms with Crippen molar-refractivity contribution in [1.82, 2.24) is 15.1 Å². The SMILES string of the molecule is CCN1CCCC(c2c(C)cnnc2N)C1. The van der Waals surface area contributed by atoms with Crippen LogP contribution in [0.15, 0.2) is 6.20 Å². The second-order valence-electron chi connectivity index (χ2n) is 4.56. The highest BCUT2D eigenvalue weighted by molar-refractivity contribution is 5.45. The molecule has 0 bridgehead atoms. The van der Waals surface area contributed by atoms with E-state index in [1.165, 1.54) is 30.5 Å². The van der Waals surface area contributed by atoms with Gasteiger partial charge in [-0.2, -0.15) is 5.10 Å². The fourth-order valence-electron chi connectivity index (χ4n) is 2.61. The normalized spacial score (nSPS) is 22.2. The van der Waals surface area contributed by atoms with Gasteiger partial charge in [0.1, 0.15) is 5.82 Å². The average molecular weight is 220 g/mol. The van der Waals surface area contributed by atoms with E-state index in [-0.39, 0.29) is 0 Å². The first kappa shape index (κ1) is 11.3. The molecule has 1 aromatic heterocycles. The van der Waals surface area contributed by atoms with Crippen molar-refractivity contribution < 1.29 is 0 Å². The third kappa shape index (κ3) is 2.16. The number of hydrogen-bond acceptors (Lipinski definition) is 4. The number of nitrogens with zero attached hydrogens (tertiary/aromatic N) is 3. The van der Waals surface area contributed by atoms with Crippen molar-refractivity contribution in [3.05, 3.63) is 17.3 Å². The molecule has 2 heterocycles. The zero-order chi connectivity index (χ0) is 11.5. The van der Waals surface area contributed by atoms with E-state index in [1.807, 2.05) is 6.20 Å². The highest BCUT2D eigenvalue weighted by Gasteiger charge is 2.23. The van der Waals surface area contributed by atoms with Gasteiger partial charge in [-0.3, -0.25) is 0 Å². The van der Waals surface area contributed by atoms with Crippen LogP contribution >= 0.6 is 0 Å². The van der Waals surface area contributed by atoms with Gasteiger partial charge >= 0.3 is 0 Å². The molecule has 2 N–H and O–H groups in total. The minimum absolute atomic E-state index is 0.532. The van der Waals surface area contributed by atoms with Crippen molar-refractivity contribution in [1.29, 1.82) is 0 Å². The quantitative estimate of drug-likeness (QED) is 0.822. The molecule has 0 aliphatic carbocycles. The average Bonchev–Trinajstić information content (AvgIpc) is 2.29. The molecule has 1 unspecified atom stereocenters. The summed E-state index contributed by atoms with van der Waals surface area (Å²) in [6.07, 6.45) is 4.28. The number of aromatic nitrogens is 2. The van der Waals surface area contributed by atoms with E-state index in [2.05, 4.69) is 28.9 Å². The lowest BCUT2D eigenvalue weighted by Gasteiger charge is -2.32. The molecule has 16 heavy (non-hydrogen) atoms. The topological polar surface area (TPSA) is 55.0 Å². The van der Waals surface area contributed by atoms with Crippen molar-refractivity contribution in [3.63, 3.8) is 0 Å². The van der Waals surface area contributed by atoms with Gasteiger partial charge in [-0.05, 0) is 38.4 Å². The fraction of sp³-hybridized carbons (Fsp3) is 0.667. The summed E-state index contributed by atoms with van der Waals surface area (Å²) in [4.78, 5) is 2.48. The number of piperidine rings is 1. The minimum Gasteiger partial charge on any atom is -0.382 e. The second kappa shape index (κ2) is 4.78. The Bertz CT molecular complexity index is 344. The van der Waals surface area contributed by atoms with Gasteiger partial charge in [0, 0.05) is 18.0 Å². The lowest BCUT2D eigenvalue weighted by atomic mass is 9.89. The summed E-state index contributed by atoms with van der Waals surface area (Å²) in [7, 11) is 0. The van der Waals surface area contributed by atoms with Crippen LogP contribution < -0.4 is 5.73 Å². The van der Waals surface area contributed by atoms with Crippen LogP contribution in [-0.2, 0) is 0 Å². The molecule has 0 radical (unpaired) electrons. The summed E-state index contributed by atoms with van der Waals surface area (Å²) in [5.41, 5.74) is 8.34. The van der Waals surface area contributed by atoms with E-state index in [9.17, 15) is 0 Å². The number of anilines is 1. The Morgan fingerprint density at radius 3 is 3.06 bits per heavy atom. The smallest absolute Gasteiger partial charge is 0.149 e. The van der Waals surface area contributed by atoms with E-state index in [4.69, 9.17) is 5.73 Å². The lowest BCUT2D eigenvalue weighted by Crippen LogP contribution is -2.34. The largest absolute Gasteiger partial charge is 0.382 e. The summed E-state index contributed by atoms with van der Waals surface area (Å²) >= 11 is 0. The molecule has 0 amide bonds. The van der Waals surface area contributed by atoms with Crippen LogP contribution in [0.1, 0.15) is 36.8 Å².